The van der Waals surface area contributed by atoms with Gasteiger partial charge in [0.05, 0.1) is 6.61 Å². The number of guanidine groups is 1. The van der Waals surface area contributed by atoms with Crippen molar-refractivity contribution in [3.05, 3.63) is 0 Å². The van der Waals surface area contributed by atoms with Crippen molar-refractivity contribution in [1.29, 1.82) is 0 Å². The Hall–Kier alpha value is -1.91. The van der Waals surface area contributed by atoms with Gasteiger partial charge in [0.15, 0.2) is 0 Å². The smallest absolute Gasteiger partial charge is 0.305 e. The number of carbonyl (C=O) groups is 2. The maximum Gasteiger partial charge on any atom is 0.305 e. The number of rotatable bonds is 43. The lowest BCUT2D eigenvalue weighted by Gasteiger charge is -2.22. The van der Waals surface area contributed by atoms with Gasteiger partial charge in [-0.1, -0.05) is 201 Å². The Kier molecular flexibility index (Phi) is 49.6. The molecular weight excluding hydrogens is 727 g/mol. The minimum atomic E-state index is -0.250. The van der Waals surface area contributed by atoms with Crippen molar-refractivity contribution < 1.29 is 30.2 Å². The Morgan fingerprint density at radius 1 is 0.603 bits per heavy atom. The fourth-order valence-electron chi connectivity index (χ4n) is 7.80. The fourth-order valence-corrected chi connectivity index (χ4v) is 7.80. The topological polar surface area (TPSA) is 131 Å². The van der Waals surface area contributed by atoms with Crippen LogP contribution in [-0.4, -0.2) is 85.4 Å². The van der Waals surface area contributed by atoms with E-state index in [4.69, 9.17) is 14.6 Å². The van der Waals surface area contributed by atoms with Gasteiger partial charge < -0.3 is 19.6 Å². The molecule has 0 saturated heterocycles. The third-order valence-corrected chi connectivity index (χ3v) is 11.4. The molecule has 0 spiro atoms. The average molecular weight is 827 g/mol. The SMILES string of the molecule is CCCCCCCCCOC(=O)CCCCCCCN(CCCCCCCC(CCCCCCCC)CCCCCCCC)CCCN=C(N[NH2+]O)N(C)C.O=CO. The third-order valence-electron chi connectivity index (χ3n) is 11.4. The highest BCUT2D eigenvalue weighted by atomic mass is 16.5. The summed E-state index contributed by atoms with van der Waals surface area (Å²) in [7, 11) is 3.88. The van der Waals surface area contributed by atoms with Gasteiger partial charge in [-0.15, -0.1) is 5.59 Å². The summed E-state index contributed by atoms with van der Waals surface area (Å²) in [5.41, 5.74) is 3.78. The number of nitrogens with two attached hydrogens (primary N) is 1. The van der Waals surface area contributed by atoms with Gasteiger partial charge in [-0.3, -0.25) is 9.59 Å². The normalized spacial score (nSPS) is 11.6. The number of nitrogens with zero attached hydrogens (tertiary/aromatic N) is 3. The molecule has 0 aliphatic rings. The van der Waals surface area contributed by atoms with E-state index in [9.17, 15) is 10.0 Å². The Morgan fingerprint density at radius 3 is 1.41 bits per heavy atom. The number of hydrogen-bond acceptors (Lipinski definition) is 6. The first-order chi connectivity index (χ1) is 28.4. The van der Waals surface area contributed by atoms with Gasteiger partial charge in [0, 0.05) is 27.1 Å². The second-order valence-corrected chi connectivity index (χ2v) is 17.1. The van der Waals surface area contributed by atoms with Crippen LogP contribution in [0.1, 0.15) is 239 Å². The number of nitrogens with one attached hydrogen (secondary N) is 1. The van der Waals surface area contributed by atoms with Crippen molar-refractivity contribution in [2.75, 3.05) is 46.9 Å². The van der Waals surface area contributed by atoms with Crippen LogP contribution >= 0.6 is 0 Å². The van der Waals surface area contributed by atoms with Crippen LogP contribution in [0.15, 0.2) is 4.99 Å². The zero-order valence-electron chi connectivity index (χ0n) is 39.3. The molecule has 58 heavy (non-hydrogen) atoms. The molecule has 346 valence electrons. The van der Waals surface area contributed by atoms with E-state index in [0.29, 0.717) is 19.0 Å². The van der Waals surface area contributed by atoms with Crippen molar-refractivity contribution in [1.82, 2.24) is 15.2 Å². The summed E-state index contributed by atoms with van der Waals surface area (Å²) in [6, 6.07) is 0. The lowest BCUT2D eigenvalue weighted by atomic mass is 9.89. The summed E-state index contributed by atoms with van der Waals surface area (Å²) in [4.78, 5) is 29.7. The number of hydrogen-bond donors (Lipinski definition) is 4. The van der Waals surface area contributed by atoms with Crippen LogP contribution in [0.5, 0.6) is 0 Å². The quantitative estimate of drug-likeness (QED) is 0.00909. The van der Waals surface area contributed by atoms with Crippen LogP contribution in [-0.2, 0) is 14.3 Å². The largest absolute Gasteiger partial charge is 0.483 e. The van der Waals surface area contributed by atoms with Gasteiger partial charge in [-0.25, -0.2) is 4.99 Å². The zero-order valence-corrected chi connectivity index (χ0v) is 39.3. The molecule has 0 rings (SSSR count). The van der Waals surface area contributed by atoms with Crippen LogP contribution in [0.3, 0.4) is 0 Å². The van der Waals surface area contributed by atoms with Crippen LogP contribution < -0.4 is 11.0 Å². The summed E-state index contributed by atoms with van der Waals surface area (Å²) < 4.78 is 5.48. The minimum absolute atomic E-state index is 0.00882. The second-order valence-electron chi connectivity index (χ2n) is 17.1. The van der Waals surface area contributed by atoms with Gasteiger partial charge in [0.2, 0.25) is 5.96 Å². The number of aliphatic imine (C=N–C) groups is 1. The second kappa shape index (κ2) is 49.5. The molecular formula is C48H100N5O5+. The molecule has 10 nitrogen and oxygen atoms in total. The summed E-state index contributed by atoms with van der Waals surface area (Å²) in [5.74, 6) is 1.64. The zero-order chi connectivity index (χ0) is 43.0. The molecule has 0 bridgehead atoms. The number of esters is 1. The van der Waals surface area contributed by atoms with Crippen molar-refractivity contribution >= 4 is 18.4 Å². The highest BCUT2D eigenvalue weighted by molar-refractivity contribution is 5.78. The van der Waals surface area contributed by atoms with E-state index in [-0.39, 0.29) is 12.4 Å². The highest BCUT2D eigenvalue weighted by Gasteiger charge is 2.10. The standard InChI is InChI=1S/C47H97N5O3.CH2O2/c1-6-9-12-15-18-27-34-44-55-46(53)39-31-24-20-26-33-42-52(43-35-40-48-47(49-50-54)51(4)5)41-32-25-19-23-30-38-45(36-28-21-16-13-10-7-2)37-29-22-17-14-11-8-3;2-1-3/h45,50,54H,6-44H2,1-5H3,(H,48,49);1H,(H,2,3)/p+1. The van der Waals surface area contributed by atoms with E-state index in [2.05, 4.69) is 36.1 Å². The molecule has 0 aromatic heterocycles. The number of carboxylic acid groups (broad SMARTS) is 1. The Morgan fingerprint density at radius 2 is 0.983 bits per heavy atom. The van der Waals surface area contributed by atoms with E-state index >= 15 is 0 Å². The van der Waals surface area contributed by atoms with E-state index in [1.54, 1.807) is 0 Å². The van der Waals surface area contributed by atoms with E-state index in [1.165, 1.54) is 193 Å². The van der Waals surface area contributed by atoms with Gasteiger partial charge in [-0.05, 0) is 57.7 Å². The first-order valence-corrected chi connectivity index (χ1v) is 24.8. The van der Waals surface area contributed by atoms with Crippen LogP contribution in [0.2, 0.25) is 0 Å². The Bertz CT molecular complexity index is 846. The lowest BCUT2D eigenvalue weighted by Crippen LogP contribution is -2.92. The van der Waals surface area contributed by atoms with Crippen molar-refractivity contribution in [2.45, 2.75) is 239 Å². The molecule has 0 fully saturated rings. The molecule has 0 aliphatic carbocycles. The van der Waals surface area contributed by atoms with Crippen molar-refractivity contribution in [3.8, 4) is 0 Å². The predicted molar refractivity (Wildman–Crippen MR) is 246 cm³/mol. The molecule has 0 aliphatic heterocycles. The Balaban J connectivity index is 0. The number of unbranched alkanes of at least 4 members (excludes halogenated alkanes) is 24. The summed E-state index contributed by atoms with van der Waals surface area (Å²) in [5, 5.41) is 16.1. The average Bonchev–Trinajstić information content (AvgIpc) is 3.21. The molecule has 5 N–H and O–H groups in total. The monoisotopic (exact) mass is 827 g/mol. The van der Waals surface area contributed by atoms with Gasteiger partial charge >= 0.3 is 5.97 Å². The molecule has 0 amide bonds. The maximum absolute atomic E-state index is 12.1. The predicted octanol–water partition coefficient (Wildman–Crippen LogP) is 11.8. The van der Waals surface area contributed by atoms with E-state index < -0.39 is 0 Å². The lowest BCUT2D eigenvalue weighted by molar-refractivity contribution is -0.918. The molecule has 0 saturated carbocycles. The molecule has 10 heteroatoms. The van der Waals surface area contributed by atoms with E-state index in [0.717, 1.165) is 56.8 Å². The number of carbonyl (C=O) groups excluding carboxylic acids is 1. The first kappa shape index (κ1) is 58.2. The number of quaternary nitrogens is 1. The maximum atomic E-state index is 12.1. The number of ether oxygens (including phenoxy) is 1. The summed E-state index contributed by atoms with van der Waals surface area (Å²) >= 11 is 0. The molecule has 0 atom stereocenters. The molecule has 0 radical (unpaired) electrons. The van der Waals surface area contributed by atoms with Gasteiger partial charge in [0.1, 0.15) is 0 Å². The molecule has 0 aromatic carbocycles. The summed E-state index contributed by atoms with van der Waals surface area (Å²) in [6.45, 7) is 11.4. The van der Waals surface area contributed by atoms with E-state index in [1.807, 2.05) is 19.0 Å². The first-order valence-electron chi connectivity index (χ1n) is 24.8. The molecule has 0 aromatic rings. The fraction of sp³-hybridized carbons (Fsp3) is 0.938. The van der Waals surface area contributed by atoms with Crippen LogP contribution in [0, 0.1) is 5.92 Å². The van der Waals surface area contributed by atoms with Crippen molar-refractivity contribution in [3.63, 3.8) is 0 Å². The van der Waals surface area contributed by atoms with Gasteiger partial charge in [-0.2, -0.15) is 10.6 Å². The minimum Gasteiger partial charge on any atom is -0.483 e. The molecule has 0 unspecified atom stereocenters. The highest BCUT2D eigenvalue weighted by Crippen LogP contribution is 2.25. The van der Waals surface area contributed by atoms with Gasteiger partial charge in [0.25, 0.3) is 6.47 Å². The summed E-state index contributed by atoms with van der Waals surface area (Å²) in [6.07, 6.45) is 44.2. The van der Waals surface area contributed by atoms with Crippen LogP contribution in [0.25, 0.3) is 0 Å². The third kappa shape index (κ3) is 45.2. The Labute approximate surface area is 359 Å². The molecule has 0 heterocycles. The van der Waals surface area contributed by atoms with Crippen LogP contribution in [0.4, 0.5) is 0 Å². The van der Waals surface area contributed by atoms with Crippen molar-refractivity contribution in [2.24, 2.45) is 10.9 Å².